The Morgan fingerprint density at radius 2 is 2.24 bits per heavy atom. The van der Waals surface area contributed by atoms with Gasteiger partial charge in [0.2, 0.25) is 5.95 Å². The molecule has 3 aromatic rings. The van der Waals surface area contributed by atoms with E-state index >= 15 is 0 Å². The minimum atomic E-state index is -0.542. The van der Waals surface area contributed by atoms with Gasteiger partial charge in [-0.2, -0.15) is 4.98 Å². The van der Waals surface area contributed by atoms with Crippen molar-refractivity contribution >= 4 is 28.7 Å². The van der Waals surface area contributed by atoms with E-state index in [1.54, 1.807) is 11.1 Å². The molecule has 29 heavy (non-hydrogen) atoms. The molecule has 9 nitrogen and oxygen atoms in total. The van der Waals surface area contributed by atoms with Crippen LogP contribution < -0.4 is 9.80 Å². The van der Waals surface area contributed by atoms with Gasteiger partial charge in [-0.15, -0.1) is 0 Å². The number of aliphatic hydroxyl groups excluding tert-OH is 1. The second kappa shape index (κ2) is 7.09. The minimum absolute atomic E-state index is 0.128. The van der Waals surface area contributed by atoms with Gasteiger partial charge in [-0.3, -0.25) is 9.69 Å². The molecule has 0 unspecified atom stereocenters. The highest BCUT2D eigenvalue weighted by atomic mass is 16.5. The Hall–Kier alpha value is -3.04. The molecule has 5 heterocycles. The lowest BCUT2D eigenvalue weighted by Crippen LogP contribution is -2.44. The fourth-order valence-electron chi connectivity index (χ4n) is 4.11. The largest absolute Gasteiger partial charge is 0.387 e. The number of ether oxygens (including phenoxy) is 1. The van der Waals surface area contributed by atoms with E-state index in [1.165, 1.54) is 0 Å². The summed E-state index contributed by atoms with van der Waals surface area (Å²) in [5.74, 6) is 0.812. The van der Waals surface area contributed by atoms with Crippen molar-refractivity contribution in [2.75, 3.05) is 42.7 Å². The summed E-state index contributed by atoms with van der Waals surface area (Å²) in [6, 6.07) is 4.05. The van der Waals surface area contributed by atoms with Crippen LogP contribution in [0.4, 0.5) is 11.8 Å². The molecule has 0 aliphatic carbocycles. The smallest absolute Gasteiger partial charge is 0.253 e. The molecule has 2 aliphatic rings. The number of morpholine rings is 1. The van der Waals surface area contributed by atoms with E-state index in [1.807, 2.05) is 18.3 Å². The summed E-state index contributed by atoms with van der Waals surface area (Å²) in [7, 11) is 0. The van der Waals surface area contributed by atoms with E-state index in [4.69, 9.17) is 14.7 Å². The number of fused-ring (bicyclic) bond motifs is 2. The molecule has 1 fully saturated rings. The van der Waals surface area contributed by atoms with Gasteiger partial charge in [0.05, 0.1) is 24.9 Å². The molecule has 0 saturated carbocycles. The van der Waals surface area contributed by atoms with Crippen molar-refractivity contribution in [1.29, 1.82) is 0 Å². The Bertz CT molecular complexity index is 1080. The van der Waals surface area contributed by atoms with Crippen LogP contribution in [0, 0.1) is 0 Å². The number of nitrogens with one attached hydrogen (secondary N) is 1. The first-order chi connectivity index (χ1) is 14.2. The molecular weight excluding hydrogens is 372 g/mol. The molecular formula is C20H22N6O3. The van der Waals surface area contributed by atoms with Gasteiger partial charge in [-0.05, 0) is 25.5 Å². The molecule has 1 saturated heterocycles. The Labute approximate surface area is 167 Å². The summed E-state index contributed by atoms with van der Waals surface area (Å²) in [6.07, 6.45) is 4.25. The van der Waals surface area contributed by atoms with Gasteiger partial charge in [0.15, 0.2) is 0 Å². The standard InChI is InChI=1S/C20H22N6O3/c1-12-11-29-9-8-25(12)20-23-17(13-2-5-21-18-14(13)3-6-22-18)15-4-7-26(16(28)10-27)19(15)24-20/h2-3,5-6,12,27H,4,7-11H2,1H3,(H,21,22)/t12-/m1/s1. The third-order valence-corrected chi connectivity index (χ3v) is 5.59. The van der Waals surface area contributed by atoms with E-state index in [0.717, 1.165) is 27.9 Å². The highest BCUT2D eigenvalue weighted by Crippen LogP contribution is 2.38. The van der Waals surface area contributed by atoms with E-state index in [0.29, 0.717) is 44.5 Å². The first kappa shape index (κ1) is 18.0. The maximum Gasteiger partial charge on any atom is 0.253 e. The summed E-state index contributed by atoms with van der Waals surface area (Å²) >= 11 is 0. The van der Waals surface area contributed by atoms with Crippen LogP contribution in [0.15, 0.2) is 24.5 Å². The van der Waals surface area contributed by atoms with Crippen LogP contribution in [0.2, 0.25) is 0 Å². The average Bonchev–Trinajstić information content (AvgIpc) is 3.39. The summed E-state index contributed by atoms with van der Waals surface area (Å²) < 4.78 is 5.56. The topological polar surface area (TPSA) is 107 Å². The van der Waals surface area contributed by atoms with Gasteiger partial charge in [0.1, 0.15) is 18.1 Å². The molecule has 5 rings (SSSR count). The van der Waals surface area contributed by atoms with Gasteiger partial charge < -0.3 is 19.7 Å². The number of hydrogen-bond donors (Lipinski definition) is 2. The number of aromatic amines is 1. The van der Waals surface area contributed by atoms with Crippen LogP contribution >= 0.6 is 0 Å². The Balaban J connectivity index is 1.72. The normalized spacial score (nSPS) is 19.0. The highest BCUT2D eigenvalue weighted by Gasteiger charge is 2.32. The van der Waals surface area contributed by atoms with Crippen molar-refractivity contribution in [2.24, 2.45) is 0 Å². The molecule has 9 heteroatoms. The molecule has 3 aromatic heterocycles. The number of H-pyrrole nitrogens is 1. The van der Waals surface area contributed by atoms with E-state index in [-0.39, 0.29) is 11.9 Å². The number of amides is 1. The van der Waals surface area contributed by atoms with Crippen molar-refractivity contribution in [3.8, 4) is 11.3 Å². The van der Waals surface area contributed by atoms with Gasteiger partial charge in [0, 0.05) is 42.0 Å². The Morgan fingerprint density at radius 1 is 1.34 bits per heavy atom. The summed E-state index contributed by atoms with van der Waals surface area (Å²) in [5.41, 5.74) is 3.47. The molecule has 2 N–H and O–H groups in total. The summed E-state index contributed by atoms with van der Waals surface area (Å²) in [5, 5.41) is 10.4. The quantitative estimate of drug-likeness (QED) is 0.686. The zero-order valence-corrected chi connectivity index (χ0v) is 16.1. The zero-order valence-electron chi connectivity index (χ0n) is 16.1. The van der Waals surface area contributed by atoms with Gasteiger partial charge in [-0.1, -0.05) is 0 Å². The van der Waals surface area contributed by atoms with E-state index < -0.39 is 6.61 Å². The number of hydrogen-bond acceptors (Lipinski definition) is 7. The maximum absolute atomic E-state index is 12.3. The monoisotopic (exact) mass is 394 g/mol. The second-order valence-electron chi connectivity index (χ2n) is 7.34. The van der Waals surface area contributed by atoms with Crippen LogP contribution in [0.25, 0.3) is 22.3 Å². The maximum atomic E-state index is 12.3. The molecule has 150 valence electrons. The van der Waals surface area contributed by atoms with Crippen molar-refractivity contribution in [3.63, 3.8) is 0 Å². The van der Waals surface area contributed by atoms with Crippen molar-refractivity contribution in [1.82, 2.24) is 19.9 Å². The Morgan fingerprint density at radius 3 is 3.07 bits per heavy atom. The molecule has 0 aromatic carbocycles. The predicted octanol–water partition coefficient (Wildman–Crippen LogP) is 1.13. The van der Waals surface area contributed by atoms with Crippen molar-refractivity contribution in [2.45, 2.75) is 19.4 Å². The van der Waals surface area contributed by atoms with E-state index in [9.17, 15) is 9.90 Å². The van der Waals surface area contributed by atoms with Crippen LogP contribution in [0.3, 0.4) is 0 Å². The van der Waals surface area contributed by atoms with Crippen LogP contribution in [-0.2, 0) is 16.0 Å². The van der Waals surface area contributed by atoms with Gasteiger partial charge in [-0.25, -0.2) is 9.97 Å². The average molecular weight is 394 g/mol. The van der Waals surface area contributed by atoms with Crippen LogP contribution in [0.5, 0.6) is 0 Å². The Kier molecular flexibility index (Phi) is 4.40. The molecule has 0 radical (unpaired) electrons. The van der Waals surface area contributed by atoms with Gasteiger partial charge >= 0.3 is 0 Å². The molecule has 2 aliphatic heterocycles. The number of rotatable bonds is 3. The summed E-state index contributed by atoms with van der Waals surface area (Å²) in [6.45, 7) is 3.91. The van der Waals surface area contributed by atoms with Crippen LogP contribution in [-0.4, -0.2) is 69.9 Å². The van der Waals surface area contributed by atoms with Gasteiger partial charge in [0.25, 0.3) is 5.91 Å². The fourth-order valence-corrected chi connectivity index (χ4v) is 4.11. The lowest BCUT2D eigenvalue weighted by Gasteiger charge is -2.34. The first-order valence-corrected chi connectivity index (χ1v) is 9.76. The molecule has 1 amide bonds. The minimum Gasteiger partial charge on any atom is -0.387 e. The molecule has 0 bridgehead atoms. The molecule has 0 spiro atoms. The van der Waals surface area contributed by atoms with E-state index in [2.05, 4.69) is 21.8 Å². The lowest BCUT2D eigenvalue weighted by atomic mass is 10.0. The number of aromatic nitrogens is 4. The third-order valence-electron chi connectivity index (χ3n) is 5.59. The number of carbonyl (C=O) groups excluding carboxylic acids is 1. The number of carbonyl (C=O) groups is 1. The second-order valence-corrected chi connectivity index (χ2v) is 7.34. The van der Waals surface area contributed by atoms with Crippen LogP contribution in [0.1, 0.15) is 12.5 Å². The fraction of sp³-hybridized carbons (Fsp3) is 0.400. The highest BCUT2D eigenvalue weighted by molar-refractivity contribution is 5.99. The summed E-state index contributed by atoms with van der Waals surface area (Å²) in [4.78, 5) is 33.2. The number of anilines is 2. The zero-order chi connectivity index (χ0) is 20.0. The number of pyridine rings is 1. The predicted molar refractivity (Wildman–Crippen MR) is 108 cm³/mol. The SMILES string of the molecule is C[C@@H]1COCCN1c1nc(-c2ccnc3[nH]ccc23)c2c(n1)N(C(=O)CO)CC2. The molecule has 1 atom stereocenters. The third kappa shape index (κ3) is 2.93. The number of aliphatic hydroxyl groups is 1. The lowest BCUT2D eigenvalue weighted by molar-refractivity contribution is -0.121. The first-order valence-electron chi connectivity index (χ1n) is 9.76. The van der Waals surface area contributed by atoms with Crippen molar-refractivity contribution in [3.05, 3.63) is 30.1 Å². The number of nitrogens with zero attached hydrogens (tertiary/aromatic N) is 5. The van der Waals surface area contributed by atoms with Crippen molar-refractivity contribution < 1.29 is 14.6 Å².